The first-order chi connectivity index (χ1) is 7.15. The zero-order valence-electron chi connectivity index (χ0n) is 8.30. The van der Waals surface area contributed by atoms with Crippen LogP contribution in [-0.4, -0.2) is 29.8 Å². The molecule has 1 aromatic heterocycles. The highest BCUT2D eigenvalue weighted by Crippen LogP contribution is 2.17. The van der Waals surface area contributed by atoms with Crippen molar-refractivity contribution in [1.29, 1.82) is 0 Å². The van der Waals surface area contributed by atoms with Gasteiger partial charge >= 0.3 is 0 Å². The molecule has 1 atom stereocenters. The third-order valence-electron chi connectivity index (χ3n) is 2.20. The van der Waals surface area contributed by atoms with Gasteiger partial charge in [-0.2, -0.15) is 0 Å². The van der Waals surface area contributed by atoms with Crippen molar-refractivity contribution in [3.63, 3.8) is 0 Å². The van der Waals surface area contributed by atoms with Crippen LogP contribution >= 0.6 is 27.5 Å². The van der Waals surface area contributed by atoms with Crippen LogP contribution in [0.4, 0.5) is 0 Å². The van der Waals surface area contributed by atoms with E-state index in [0.717, 1.165) is 29.0 Å². The van der Waals surface area contributed by atoms with Crippen molar-refractivity contribution in [2.75, 3.05) is 13.1 Å². The topological polar surface area (TPSA) is 37.3 Å². The molecule has 3 nitrogen and oxygen atoms in total. The van der Waals surface area contributed by atoms with Gasteiger partial charge in [0.1, 0.15) is 9.76 Å². The number of hydrogen-bond acceptors (Lipinski definition) is 3. The molecule has 0 bridgehead atoms. The van der Waals surface area contributed by atoms with E-state index >= 15 is 0 Å². The molecule has 0 unspecified atom stereocenters. The molecule has 0 saturated heterocycles. The summed E-state index contributed by atoms with van der Waals surface area (Å²) in [5.74, 6) is 0. The first-order valence-corrected chi connectivity index (χ1v) is 5.93. The zero-order valence-corrected chi connectivity index (χ0v) is 10.6. The molecule has 0 aromatic carbocycles. The second kappa shape index (κ2) is 4.60. The van der Waals surface area contributed by atoms with Crippen LogP contribution in [0, 0.1) is 0 Å². The number of nitrogens with zero attached hydrogens (tertiary/aromatic N) is 2. The maximum Gasteiger partial charge on any atom is 0.131 e. The van der Waals surface area contributed by atoms with Crippen molar-refractivity contribution >= 4 is 33.2 Å². The largest absolute Gasteiger partial charge is 0.309 e. The van der Waals surface area contributed by atoms with Gasteiger partial charge in [0.05, 0.1) is 11.8 Å². The highest BCUT2D eigenvalue weighted by molar-refractivity contribution is 9.10. The maximum absolute atomic E-state index is 5.89. The van der Waals surface area contributed by atoms with Gasteiger partial charge < -0.3 is 5.32 Å². The lowest BCUT2D eigenvalue weighted by Gasteiger charge is -2.18. The van der Waals surface area contributed by atoms with E-state index in [4.69, 9.17) is 11.6 Å². The summed E-state index contributed by atoms with van der Waals surface area (Å²) in [6.07, 6.45) is 0. The Morgan fingerprint density at radius 1 is 1.53 bits per heavy atom. The standard InChI is InChI=1S/C10H11BrClN3/c1-6-4-13-5-8(14-6)7-2-9(11)15-10(12)3-7/h2-3,6,13H,4-5H2,1H3/t6-/m1/s1. The fraction of sp³-hybridized carbons (Fsp3) is 0.400. The van der Waals surface area contributed by atoms with Gasteiger partial charge in [-0.3, -0.25) is 4.99 Å². The average molecular weight is 289 g/mol. The Morgan fingerprint density at radius 3 is 3.00 bits per heavy atom. The summed E-state index contributed by atoms with van der Waals surface area (Å²) in [6.45, 7) is 3.81. The summed E-state index contributed by atoms with van der Waals surface area (Å²) >= 11 is 9.21. The molecule has 1 aromatic rings. The van der Waals surface area contributed by atoms with Gasteiger partial charge in [0.15, 0.2) is 0 Å². The van der Waals surface area contributed by atoms with E-state index in [9.17, 15) is 0 Å². The Morgan fingerprint density at radius 2 is 2.33 bits per heavy atom. The molecule has 5 heteroatoms. The molecular formula is C10H11BrClN3. The Labute approximate surface area is 102 Å². The first-order valence-electron chi connectivity index (χ1n) is 4.76. The number of rotatable bonds is 1. The van der Waals surface area contributed by atoms with Crippen LogP contribution in [0.25, 0.3) is 0 Å². The normalized spacial score (nSPS) is 21.3. The lowest BCUT2D eigenvalue weighted by Crippen LogP contribution is -2.35. The van der Waals surface area contributed by atoms with Gasteiger partial charge in [-0.1, -0.05) is 11.6 Å². The van der Waals surface area contributed by atoms with Gasteiger partial charge in [0, 0.05) is 18.7 Å². The SMILES string of the molecule is C[C@@H]1CNCC(c2cc(Cl)nc(Br)c2)=N1. The minimum Gasteiger partial charge on any atom is -0.309 e. The van der Waals surface area contributed by atoms with E-state index in [2.05, 4.69) is 38.1 Å². The van der Waals surface area contributed by atoms with Gasteiger partial charge in [-0.15, -0.1) is 0 Å². The molecule has 0 saturated carbocycles. The molecule has 2 heterocycles. The Hall–Kier alpha value is -0.450. The minimum absolute atomic E-state index is 0.319. The number of nitrogens with one attached hydrogen (secondary N) is 1. The number of aliphatic imine (C=N–C) groups is 1. The molecule has 2 rings (SSSR count). The number of pyridine rings is 1. The molecule has 1 N–H and O–H groups in total. The van der Waals surface area contributed by atoms with Crippen LogP contribution in [-0.2, 0) is 0 Å². The van der Waals surface area contributed by atoms with Crippen molar-refractivity contribution in [2.45, 2.75) is 13.0 Å². The Balaban J connectivity index is 2.36. The van der Waals surface area contributed by atoms with Gasteiger partial charge in [0.25, 0.3) is 0 Å². The van der Waals surface area contributed by atoms with Gasteiger partial charge in [0.2, 0.25) is 0 Å². The average Bonchev–Trinajstić information content (AvgIpc) is 2.16. The molecule has 1 aliphatic rings. The first kappa shape index (κ1) is 11.0. The lowest BCUT2D eigenvalue weighted by molar-refractivity contribution is 0.622. The van der Waals surface area contributed by atoms with Crippen molar-refractivity contribution < 1.29 is 0 Å². The molecule has 1 aliphatic heterocycles. The predicted octanol–water partition coefficient (Wildman–Crippen LogP) is 2.28. The third kappa shape index (κ3) is 2.77. The molecule has 0 fully saturated rings. The van der Waals surface area contributed by atoms with Crippen LogP contribution in [0.2, 0.25) is 5.15 Å². The van der Waals surface area contributed by atoms with E-state index < -0.39 is 0 Å². The highest BCUT2D eigenvalue weighted by Gasteiger charge is 2.13. The number of aromatic nitrogens is 1. The summed E-state index contributed by atoms with van der Waals surface area (Å²) in [4.78, 5) is 8.64. The molecule has 0 amide bonds. The van der Waals surface area contributed by atoms with E-state index in [0.29, 0.717) is 11.2 Å². The molecular weight excluding hydrogens is 277 g/mol. The van der Waals surface area contributed by atoms with Crippen molar-refractivity contribution in [2.24, 2.45) is 4.99 Å². The van der Waals surface area contributed by atoms with Crippen molar-refractivity contribution in [3.05, 3.63) is 27.5 Å². The lowest BCUT2D eigenvalue weighted by atomic mass is 10.1. The third-order valence-corrected chi connectivity index (χ3v) is 2.80. The fourth-order valence-electron chi connectivity index (χ4n) is 1.56. The summed E-state index contributed by atoms with van der Waals surface area (Å²) in [5.41, 5.74) is 2.07. The van der Waals surface area contributed by atoms with E-state index in [1.165, 1.54) is 0 Å². The molecule has 15 heavy (non-hydrogen) atoms. The van der Waals surface area contributed by atoms with Crippen LogP contribution in [0.3, 0.4) is 0 Å². The highest BCUT2D eigenvalue weighted by atomic mass is 79.9. The quantitative estimate of drug-likeness (QED) is 0.805. The molecule has 0 spiro atoms. The van der Waals surface area contributed by atoms with E-state index in [1.807, 2.05) is 12.1 Å². The van der Waals surface area contributed by atoms with E-state index in [-0.39, 0.29) is 0 Å². The van der Waals surface area contributed by atoms with Crippen molar-refractivity contribution in [1.82, 2.24) is 10.3 Å². The van der Waals surface area contributed by atoms with Crippen molar-refractivity contribution in [3.8, 4) is 0 Å². The minimum atomic E-state index is 0.319. The Bertz CT molecular complexity index is 385. The zero-order chi connectivity index (χ0) is 10.8. The van der Waals surface area contributed by atoms with Crippen LogP contribution < -0.4 is 5.32 Å². The van der Waals surface area contributed by atoms with Crippen LogP contribution in [0.15, 0.2) is 21.7 Å². The fourth-order valence-corrected chi connectivity index (χ4v) is 2.31. The summed E-state index contributed by atoms with van der Waals surface area (Å²) in [7, 11) is 0. The maximum atomic E-state index is 5.89. The molecule has 0 radical (unpaired) electrons. The molecule has 0 aliphatic carbocycles. The summed E-state index contributed by atoms with van der Waals surface area (Å²) in [6, 6.07) is 4.09. The van der Waals surface area contributed by atoms with E-state index in [1.54, 1.807) is 0 Å². The van der Waals surface area contributed by atoms with Crippen LogP contribution in [0.5, 0.6) is 0 Å². The van der Waals surface area contributed by atoms with Gasteiger partial charge in [-0.05, 0) is 35.0 Å². The smallest absolute Gasteiger partial charge is 0.131 e. The second-order valence-corrected chi connectivity index (χ2v) is 4.76. The van der Waals surface area contributed by atoms with Gasteiger partial charge in [-0.25, -0.2) is 4.98 Å². The summed E-state index contributed by atoms with van der Waals surface area (Å²) < 4.78 is 0.742. The Kier molecular flexibility index (Phi) is 3.38. The second-order valence-electron chi connectivity index (χ2n) is 3.56. The predicted molar refractivity (Wildman–Crippen MR) is 65.8 cm³/mol. The number of hydrogen-bond donors (Lipinski definition) is 1. The van der Waals surface area contributed by atoms with Crippen LogP contribution in [0.1, 0.15) is 12.5 Å². The summed E-state index contributed by atoms with van der Waals surface area (Å²) in [5, 5.41) is 3.80. The monoisotopic (exact) mass is 287 g/mol. The number of halogens is 2. The molecule has 80 valence electrons.